The summed E-state index contributed by atoms with van der Waals surface area (Å²) in [6, 6.07) is 10.6. The molecule has 2 aromatic rings. The molecule has 0 saturated heterocycles. The lowest BCUT2D eigenvalue weighted by Gasteiger charge is -2.18. The Morgan fingerprint density at radius 2 is 1.86 bits per heavy atom. The third-order valence-corrected chi connectivity index (χ3v) is 6.33. The number of ether oxygens (including phenoxy) is 2. The number of amides is 1. The molecule has 0 spiro atoms. The highest BCUT2D eigenvalue weighted by Gasteiger charge is 2.26. The van der Waals surface area contributed by atoms with Gasteiger partial charge in [0.05, 0.1) is 4.90 Å². The maximum atomic E-state index is 12.8. The summed E-state index contributed by atoms with van der Waals surface area (Å²) in [4.78, 5) is 12.9. The first-order valence-corrected chi connectivity index (χ1v) is 11.6. The molecule has 1 atom stereocenters. The molecule has 1 aliphatic heterocycles. The van der Waals surface area contributed by atoms with Gasteiger partial charge in [-0.3, -0.25) is 4.79 Å². The van der Waals surface area contributed by atoms with Crippen molar-refractivity contribution in [2.75, 3.05) is 24.1 Å². The Balaban J connectivity index is 1.75. The van der Waals surface area contributed by atoms with E-state index in [1.807, 2.05) is 13.2 Å². The number of carbonyl (C=O) groups is 1. The van der Waals surface area contributed by atoms with Crippen LogP contribution in [0.3, 0.4) is 0 Å². The number of thioether (sulfide) groups is 1. The molecular formula is C19H22N2O5S2. The third kappa shape index (κ3) is 4.98. The molecule has 0 radical (unpaired) electrons. The molecule has 150 valence electrons. The molecule has 1 heterocycles. The van der Waals surface area contributed by atoms with Crippen LogP contribution in [0, 0.1) is 6.92 Å². The van der Waals surface area contributed by atoms with Gasteiger partial charge in [-0.2, -0.15) is 16.5 Å². The minimum Gasteiger partial charge on any atom is -0.454 e. The molecule has 0 aromatic heterocycles. The fraction of sp³-hybridized carbons (Fsp3) is 0.316. The molecule has 7 nitrogen and oxygen atoms in total. The van der Waals surface area contributed by atoms with E-state index < -0.39 is 22.0 Å². The van der Waals surface area contributed by atoms with E-state index in [4.69, 9.17) is 9.47 Å². The van der Waals surface area contributed by atoms with Crippen molar-refractivity contribution in [1.82, 2.24) is 4.72 Å². The average molecular weight is 423 g/mol. The van der Waals surface area contributed by atoms with Gasteiger partial charge in [0.15, 0.2) is 11.5 Å². The van der Waals surface area contributed by atoms with E-state index >= 15 is 0 Å². The minimum absolute atomic E-state index is 0.128. The third-order valence-electron chi connectivity index (χ3n) is 4.20. The van der Waals surface area contributed by atoms with Crippen molar-refractivity contribution in [3.63, 3.8) is 0 Å². The molecule has 0 bridgehead atoms. The first kappa shape index (κ1) is 20.5. The number of anilines is 1. The molecule has 2 aromatic carbocycles. The van der Waals surface area contributed by atoms with Crippen LogP contribution in [0.25, 0.3) is 0 Å². The number of aryl methyl sites for hydroxylation is 1. The van der Waals surface area contributed by atoms with Crippen LogP contribution in [-0.2, 0) is 14.8 Å². The fourth-order valence-corrected chi connectivity index (χ4v) is 4.36. The summed E-state index contributed by atoms with van der Waals surface area (Å²) in [6.45, 7) is 2.02. The second-order valence-corrected chi connectivity index (χ2v) is 9.03. The van der Waals surface area contributed by atoms with E-state index in [-0.39, 0.29) is 11.7 Å². The SMILES string of the molecule is CSCCC(NS(=O)(=O)c1ccc(C)cc1)C(=O)Nc1ccc2c(c1)OCO2. The average Bonchev–Trinajstić information content (AvgIpc) is 3.13. The smallest absolute Gasteiger partial charge is 0.242 e. The van der Waals surface area contributed by atoms with E-state index in [2.05, 4.69) is 10.0 Å². The Labute approximate surface area is 168 Å². The van der Waals surface area contributed by atoms with Gasteiger partial charge in [0.25, 0.3) is 0 Å². The van der Waals surface area contributed by atoms with E-state index in [0.29, 0.717) is 29.4 Å². The lowest BCUT2D eigenvalue weighted by molar-refractivity contribution is -0.117. The Morgan fingerprint density at radius 1 is 1.14 bits per heavy atom. The van der Waals surface area contributed by atoms with Gasteiger partial charge >= 0.3 is 0 Å². The minimum atomic E-state index is -3.82. The largest absolute Gasteiger partial charge is 0.454 e. The topological polar surface area (TPSA) is 93.7 Å². The molecule has 28 heavy (non-hydrogen) atoms. The first-order chi connectivity index (χ1) is 13.4. The van der Waals surface area contributed by atoms with Crippen molar-refractivity contribution in [2.45, 2.75) is 24.3 Å². The molecular weight excluding hydrogens is 400 g/mol. The van der Waals surface area contributed by atoms with Gasteiger partial charge < -0.3 is 14.8 Å². The van der Waals surface area contributed by atoms with Gasteiger partial charge in [0.2, 0.25) is 22.7 Å². The summed E-state index contributed by atoms with van der Waals surface area (Å²) in [5.74, 6) is 1.36. The number of hydrogen-bond acceptors (Lipinski definition) is 6. The molecule has 9 heteroatoms. The monoisotopic (exact) mass is 422 g/mol. The highest BCUT2D eigenvalue weighted by Crippen LogP contribution is 2.34. The molecule has 0 fully saturated rings. The van der Waals surface area contributed by atoms with Gasteiger partial charge in [-0.15, -0.1) is 0 Å². The summed E-state index contributed by atoms with van der Waals surface area (Å²) >= 11 is 1.54. The van der Waals surface area contributed by atoms with Crippen molar-refractivity contribution < 1.29 is 22.7 Å². The van der Waals surface area contributed by atoms with Crippen molar-refractivity contribution in [3.8, 4) is 11.5 Å². The number of fused-ring (bicyclic) bond motifs is 1. The molecule has 1 amide bonds. The van der Waals surface area contributed by atoms with Crippen molar-refractivity contribution in [3.05, 3.63) is 48.0 Å². The number of benzene rings is 2. The fourth-order valence-electron chi connectivity index (χ4n) is 2.66. The molecule has 0 saturated carbocycles. The van der Waals surface area contributed by atoms with Crippen molar-refractivity contribution >= 4 is 33.4 Å². The second kappa shape index (κ2) is 8.85. The zero-order valence-electron chi connectivity index (χ0n) is 15.6. The molecule has 1 unspecified atom stereocenters. The number of hydrogen-bond donors (Lipinski definition) is 2. The van der Waals surface area contributed by atoms with Crippen LogP contribution >= 0.6 is 11.8 Å². The van der Waals surface area contributed by atoms with E-state index in [1.54, 1.807) is 42.1 Å². The highest BCUT2D eigenvalue weighted by molar-refractivity contribution is 7.98. The first-order valence-electron chi connectivity index (χ1n) is 8.67. The van der Waals surface area contributed by atoms with E-state index in [9.17, 15) is 13.2 Å². The normalized spacial score (nSPS) is 13.9. The van der Waals surface area contributed by atoms with Crippen LogP contribution in [-0.4, -0.2) is 39.2 Å². The lowest BCUT2D eigenvalue weighted by Crippen LogP contribution is -2.44. The Morgan fingerprint density at radius 3 is 2.57 bits per heavy atom. The molecule has 0 aliphatic carbocycles. The second-order valence-electron chi connectivity index (χ2n) is 6.33. The van der Waals surface area contributed by atoms with Crippen LogP contribution in [0.2, 0.25) is 0 Å². The van der Waals surface area contributed by atoms with Gasteiger partial charge in [0.1, 0.15) is 6.04 Å². The van der Waals surface area contributed by atoms with Crippen LogP contribution in [0.4, 0.5) is 5.69 Å². The summed E-state index contributed by atoms with van der Waals surface area (Å²) in [5, 5.41) is 2.75. The van der Waals surface area contributed by atoms with Crippen molar-refractivity contribution in [1.29, 1.82) is 0 Å². The summed E-state index contributed by atoms with van der Waals surface area (Å²) in [5.41, 5.74) is 1.47. The Bertz CT molecular complexity index is 945. The van der Waals surface area contributed by atoms with Crippen LogP contribution in [0.1, 0.15) is 12.0 Å². The van der Waals surface area contributed by atoms with Gasteiger partial charge in [0, 0.05) is 11.8 Å². The maximum Gasteiger partial charge on any atom is 0.242 e. The number of nitrogens with one attached hydrogen (secondary N) is 2. The van der Waals surface area contributed by atoms with Crippen LogP contribution in [0.5, 0.6) is 11.5 Å². The van der Waals surface area contributed by atoms with Crippen LogP contribution in [0.15, 0.2) is 47.4 Å². The van der Waals surface area contributed by atoms with E-state index in [1.165, 1.54) is 12.1 Å². The van der Waals surface area contributed by atoms with Crippen LogP contribution < -0.4 is 19.5 Å². The zero-order chi connectivity index (χ0) is 20.1. The van der Waals surface area contributed by atoms with Crippen molar-refractivity contribution in [2.24, 2.45) is 0 Å². The maximum absolute atomic E-state index is 12.8. The highest BCUT2D eigenvalue weighted by atomic mass is 32.2. The predicted octanol–water partition coefficient (Wildman–Crippen LogP) is 2.76. The Kier molecular flexibility index (Phi) is 6.48. The van der Waals surface area contributed by atoms with Gasteiger partial charge in [-0.1, -0.05) is 17.7 Å². The standard InChI is InChI=1S/C19H22N2O5S2/c1-13-3-6-15(7-4-13)28(23,24)21-16(9-10-27-2)19(22)20-14-5-8-17-18(11-14)26-12-25-17/h3-8,11,16,21H,9-10,12H2,1-2H3,(H,20,22). The summed E-state index contributed by atoms with van der Waals surface area (Å²) in [6.07, 6.45) is 2.27. The quantitative estimate of drug-likeness (QED) is 0.679. The molecule has 3 rings (SSSR count). The lowest BCUT2D eigenvalue weighted by atomic mass is 10.2. The number of sulfonamides is 1. The predicted molar refractivity (Wildman–Crippen MR) is 109 cm³/mol. The number of rotatable bonds is 8. The number of carbonyl (C=O) groups excluding carboxylic acids is 1. The zero-order valence-corrected chi connectivity index (χ0v) is 17.2. The van der Waals surface area contributed by atoms with Gasteiger partial charge in [-0.25, -0.2) is 8.42 Å². The summed E-state index contributed by atoms with van der Waals surface area (Å²) < 4.78 is 38.5. The molecule has 2 N–H and O–H groups in total. The van der Waals surface area contributed by atoms with E-state index in [0.717, 1.165) is 5.56 Å². The molecule has 1 aliphatic rings. The Hall–Kier alpha value is -2.23. The van der Waals surface area contributed by atoms with Gasteiger partial charge in [-0.05, 0) is 49.6 Å². The summed E-state index contributed by atoms with van der Waals surface area (Å²) in [7, 11) is -3.82.